The molecule has 0 aliphatic rings. The normalized spacial score (nSPS) is 10.5. The predicted molar refractivity (Wildman–Crippen MR) is 76.4 cm³/mol. The summed E-state index contributed by atoms with van der Waals surface area (Å²) < 4.78 is 37.0. The fourth-order valence-electron chi connectivity index (χ4n) is 2.01. The minimum Gasteiger partial charge on any atom is -0.497 e. The zero-order chi connectivity index (χ0) is 15.2. The van der Waals surface area contributed by atoms with Gasteiger partial charge in [0, 0.05) is 30.3 Å². The van der Waals surface area contributed by atoms with Crippen molar-refractivity contribution in [3.05, 3.63) is 59.2 Å². The lowest BCUT2D eigenvalue weighted by atomic mass is 10.1. The molecule has 112 valence electrons. The Bertz CT molecular complexity index is 617. The molecule has 1 N–H and O–H groups in total. The second-order valence-corrected chi connectivity index (χ2v) is 4.52. The van der Waals surface area contributed by atoms with Crippen LogP contribution in [0.3, 0.4) is 0 Å². The largest absolute Gasteiger partial charge is 0.497 e. The van der Waals surface area contributed by atoms with Gasteiger partial charge in [-0.25, -0.2) is 8.78 Å². The van der Waals surface area contributed by atoms with Crippen LogP contribution in [0, 0.1) is 11.6 Å². The third kappa shape index (κ3) is 3.92. The summed E-state index contributed by atoms with van der Waals surface area (Å²) in [4.78, 5) is 0. The van der Waals surface area contributed by atoms with Crippen molar-refractivity contribution in [1.29, 1.82) is 0 Å². The van der Waals surface area contributed by atoms with E-state index in [4.69, 9.17) is 9.47 Å². The van der Waals surface area contributed by atoms with E-state index < -0.39 is 11.6 Å². The molecule has 0 unspecified atom stereocenters. The summed E-state index contributed by atoms with van der Waals surface area (Å²) in [7, 11) is 3.16. The first-order chi connectivity index (χ1) is 10.1. The van der Waals surface area contributed by atoms with Crippen LogP contribution >= 0.6 is 0 Å². The molecule has 5 heteroatoms. The van der Waals surface area contributed by atoms with Crippen molar-refractivity contribution in [3.8, 4) is 11.5 Å². The van der Waals surface area contributed by atoms with Gasteiger partial charge in [0.2, 0.25) is 0 Å². The van der Waals surface area contributed by atoms with Gasteiger partial charge in [0.05, 0.1) is 14.2 Å². The first-order valence-electron chi connectivity index (χ1n) is 6.49. The van der Waals surface area contributed by atoms with Crippen LogP contribution in [0.1, 0.15) is 11.1 Å². The summed E-state index contributed by atoms with van der Waals surface area (Å²) in [5.74, 6) is 0.508. The van der Waals surface area contributed by atoms with E-state index >= 15 is 0 Å². The van der Waals surface area contributed by atoms with Crippen molar-refractivity contribution in [3.63, 3.8) is 0 Å². The van der Waals surface area contributed by atoms with Crippen LogP contribution in [-0.2, 0) is 13.1 Å². The molecule has 0 aromatic heterocycles. The van der Waals surface area contributed by atoms with E-state index in [1.165, 1.54) is 6.07 Å². The maximum atomic E-state index is 13.5. The standard InChI is InChI=1S/C16H17F2NO2/c1-20-14-5-3-11(16(8-14)21-2)9-19-10-12-7-13(17)4-6-15(12)18/h3-8,19H,9-10H2,1-2H3. The van der Waals surface area contributed by atoms with Gasteiger partial charge in [0.1, 0.15) is 23.1 Å². The molecule has 0 fully saturated rings. The van der Waals surface area contributed by atoms with E-state index in [1.807, 2.05) is 12.1 Å². The summed E-state index contributed by atoms with van der Waals surface area (Å²) in [5, 5.41) is 3.07. The molecular weight excluding hydrogens is 276 g/mol. The number of ether oxygens (including phenoxy) is 2. The Morgan fingerprint density at radius 3 is 2.38 bits per heavy atom. The van der Waals surface area contributed by atoms with Gasteiger partial charge >= 0.3 is 0 Å². The maximum Gasteiger partial charge on any atom is 0.127 e. The second-order valence-electron chi connectivity index (χ2n) is 4.52. The highest BCUT2D eigenvalue weighted by Crippen LogP contribution is 2.24. The first-order valence-corrected chi connectivity index (χ1v) is 6.49. The number of hydrogen-bond donors (Lipinski definition) is 1. The lowest BCUT2D eigenvalue weighted by Gasteiger charge is -2.11. The summed E-state index contributed by atoms with van der Waals surface area (Å²) in [6.45, 7) is 0.710. The molecule has 2 aromatic rings. The van der Waals surface area contributed by atoms with Gasteiger partial charge in [0.15, 0.2) is 0 Å². The lowest BCUT2D eigenvalue weighted by molar-refractivity contribution is 0.389. The number of halogens is 2. The smallest absolute Gasteiger partial charge is 0.127 e. The zero-order valence-corrected chi connectivity index (χ0v) is 12.0. The lowest BCUT2D eigenvalue weighted by Crippen LogP contribution is -2.14. The van der Waals surface area contributed by atoms with Gasteiger partial charge in [-0.3, -0.25) is 0 Å². The van der Waals surface area contributed by atoms with E-state index in [0.717, 1.165) is 17.7 Å². The van der Waals surface area contributed by atoms with Gasteiger partial charge < -0.3 is 14.8 Å². The van der Waals surface area contributed by atoms with Gasteiger partial charge in [-0.1, -0.05) is 6.07 Å². The summed E-state index contributed by atoms with van der Waals surface area (Å²) in [6, 6.07) is 8.88. The molecule has 2 aromatic carbocycles. The Balaban J connectivity index is 2.01. The molecule has 2 rings (SSSR count). The average Bonchev–Trinajstić information content (AvgIpc) is 2.50. The van der Waals surface area contributed by atoms with Crippen molar-refractivity contribution < 1.29 is 18.3 Å². The molecule has 0 aliphatic carbocycles. The third-order valence-electron chi connectivity index (χ3n) is 3.13. The second kappa shape index (κ2) is 7.04. The van der Waals surface area contributed by atoms with Gasteiger partial charge in [-0.05, 0) is 24.3 Å². The Labute approximate surface area is 122 Å². The Kier molecular flexibility index (Phi) is 5.11. The van der Waals surface area contributed by atoms with E-state index in [1.54, 1.807) is 20.3 Å². The highest BCUT2D eigenvalue weighted by Gasteiger charge is 2.07. The minimum absolute atomic E-state index is 0.235. The molecule has 21 heavy (non-hydrogen) atoms. The molecule has 0 saturated carbocycles. The summed E-state index contributed by atoms with van der Waals surface area (Å²) in [5.41, 5.74) is 1.21. The summed E-state index contributed by atoms with van der Waals surface area (Å²) >= 11 is 0. The fraction of sp³-hybridized carbons (Fsp3) is 0.250. The number of rotatable bonds is 6. The van der Waals surface area contributed by atoms with Crippen LogP contribution in [0.15, 0.2) is 36.4 Å². The molecule has 3 nitrogen and oxygen atoms in total. The van der Waals surface area contributed by atoms with Crippen molar-refractivity contribution in [2.24, 2.45) is 0 Å². The van der Waals surface area contributed by atoms with Crippen molar-refractivity contribution in [1.82, 2.24) is 5.32 Å². The van der Waals surface area contributed by atoms with Gasteiger partial charge in [-0.2, -0.15) is 0 Å². The molecule has 0 amide bonds. The van der Waals surface area contributed by atoms with Crippen LogP contribution < -0.4 is 14.8 Å². The number of hydrogen-bond acceptors (Lipinski definition) is 3. The van der Waals surface area contributed by atoms with Crippen LogP contribution in [0.4, 0.5) is 8.78 Å². The third-order valence-corrected chi connectivity index (χ3v) is 3.13. The Morgan fingerprint density at radius 1 is 0.905 bits per heavy atom. The van der Waals surface area contributed by atoms with Gasteiger partial charge in [-0.15, -0.1) is 0 Å². The average molecular weight is 293 g/mol. The molecular formula is C16H17F2NO2. The van der Waals surface area contributed by atoms with Gasteiger partial charge in [0.25, 0.3) is 0 Å². The molecule has 0 aliphatic heterocycles. The molecule has 0 atom stereocenters. The van der Waals surface area contributed by atoms with Crippen LogP contribution in [-0.4, -0.2) is 14.2 Å². The van der Waals surface area contributed by atoms with Crippen molar-refractivity contribution in [2.75, 3.05) is 14.2 Å². The quantitative estimate of drug-likeness (QED) is 0.886. The Hall–Kier alpha value is -2.14. The highest BCUT2D eigenvalue weighted by atomic mass is 19.1. The zero-order valence-electron chi connectivity index (χ0n) is 12.0. The molecule has 0 heterocycles. The molecule has 0 radical (unpaired) electrons. The van der Waals surface area contributed by atoms with E-state index in [2.05, 4.69) is 5.32 Å². The van der Waals surface area contributed by atoms with E-state index in [-0.39, 0.29) is 6.54 Å². The van der Waals surface area contributed by atoms with Crippen LogP contribution in [0.2, 0.25) is 0 Å². The maximum absolute atomic E-state index is 13.5. The number of nitrogens with one attached hydrogen (secondary N) is 1. The minimum atomic E-state index is -0.449. The number of benzene rings is 2. The number of methoxy groups -OCH3 is 2. The summed E-state index contributed by atoms with van der Waals surface area (Å²) in [6.07, 6.45) is 0. The van der Waals surface area contributed by atoms with Crippen molar-refractivity contribution in [2.45, 2.75) is 13.1 Å². The van der Waals surface area contributed by atoms with Crippen molar-refractivity contribution >= 4 is 0 Å². The highest BCUT2D eigenvalue weighted by molar-refractivity contribution is 5.40. The van der Waals surface area contributed by atoms with Crippen LogP contribution in [0.5, 0.6) is 11.5 Å². The van der Waals surface area contributed by atoms with E-state index in [0.29, 0.717) is 23.6 Å². The topological polar surface area (TPSA) is 30.5 Å². The fourth-order valence-corrected chi connectivity index (χ4v) is 2.01. The molecule has 0 spiro atoms. The predicted octanol–water partition coefficient (Wildman–Crippen LogP) is 3.27. The first kappa shape index (κ1) is 15.3. The van der Waals surface area contributed by atoms with Crippen LogP contribution in [0.25, 0.3) is 0 Å². The Morgan fingerprint density at radius 2 is 1.67 bits per heavy atom. The molecule has 0 bridgehead atoms. The monoisotopic (exact) mass is 293 g/mol. The molecule has 0 saturated heterocycles. The van der Waals surface area contributed by atoms with E-state index in [9.17, 15) is 8.78 Å². The SMILES string of the molecule is COc1ccc(CNCc2cc(F)ccc2F)c(OC)c1.